The SMILES string of the molecule is CCc1cnc(N2CCC3(CC2)OC2CCC(c4cc(F)cc(F)c4)N2C3=O)nc1. The molecule has 2 unspecified atom stereocenters. The van der Waals surface area contributed by atoms with E-state index >= 15 is 0 Å². The molecule has 0 saturated carbocycles. The van der Waals surface area contributed by atoms with E-state index in [1.807, 2.05) is 12.4 Å². The minimum atomic E-state index is -0.866. The van der Waals surface area contributed by atoms with Crippen LogP contribution in [0.1, 0.15) is 49.8 Å². The molecule has 0 aliphatic carbocycles. The lowest BCUT2D eigenvalue weighted by Crippen LogP contribution is -2.50. The van der Waals surface area contributed by atoms with E-state index in [1.165, 1.54) is 12.1 Å². The average Bonchev–Trinajstić information content (AvgIpc) is 3.26. The van der Waals surface area contributed by atoms with Gasteiger partial charge in [0.05, 0.1) is 6.04 Å². The Balaban J connectivity index is 1.32. The minimum absolute atomic E-state index is 0.0680. The highest BCUT2D eigenvalue weighted by Crippen LogP contribution is 2.47. The molecule has 4 heterocycles. The molecule has 3 aliphatic heterocycles. The van der Waals surface area contributed by atoms with Gasteiger partial charge in [-0.15, -0.1) is 0 Å². The van der Waals surface area contributed by atoms with Gasteiger partial charge in [-0.1, -0.05) is 6.92 Å². The van der Waals surface area contributed by atoms with Crippen LogP contribution in [-0.2, 0) is 16.0 Å². The first kappa shape index (κ1) is 19.4. The van der Waals surface area contributed by atoms with Crippen LogP contribution < -0.4 is 4.90 Å². The first-order chi connectivity index (χ1) is 14.5. The molecule has 1 aromatic carbocycles. The van der Waals surface area contributed by atoms with Crippen LogP contribution in [0.25, 0.3) is 0 Å². The van der Waals surface area contributed by atoms with Gasteiger partial charge in [0.1, 0.15) is 17.9 Å². The van der Waals surface area contributed by atoms with E-state index in [9.17, 15) is 13.6 Å². The molecule has 1 spiro atoms. The van der Waals surface area contributed by atoms with Crippen LogP contribution in [0, 0.1) is 11.6 Å². The lowest BCUT2D eigenvalue weighted by molar-refractivity contribution is -0.140. The van der Waals surface area contributed by atoms with Gasteiger partial charge in [-0.25, -0.2) is 18.7 Å². The number of nitrogens with zero attached hydrogens (tertiary/aromatic N) is 4. The molecule has 3 fully saturated rings. The Morgan fingerprint density at radius 1 is 1.10 bits per heavy atom. The second kappa shape index (κ2) is 7.27. The van der Waals surface area contributed by atoms with Gasteiger partial charge in [-0.05, 0) is 42.5 Å². The molecule has 0 radical (unpaired) electrons. The number of aromatic nitrogens is 2. The van der Waals surface area contributed by atoms with Crippen LogP contribution in [0.3, 0.4) is 0 Å². The Morgan fingerprint density at radius 2 is 1.77 bits per heavy atom. The second-order valence-electron chi connectivity index (χ2n) is 8.31. The molecule has 0 bridgehead atoms. The molecule has 6 nitrogen and oxygen atoms in total. The van der Waals surface area contributed by atoms with Crippen molar-refractivity contribution in [3.63, 3.8) is 0 Å². The van der Waals surface area contributed by atoms with Crippen LogP contribution in [0.2, 0.25) is 0 Å². The highest BCUT2D eigenvalue weighted by Gasteiger charge is 2.58. The summed E-state index contributed by atoms with van der Waals surface area (Å²) in [4.78, 5) is 26.1. The summed E-state index contributed by atoms with van der Waals surface area (Å²) in [6.07, 6.45) is 6.62. The fourth-order valence-electron chi connectivity index (χ4n) is 4.90. The molecule has 0 N–H and O–H groups in total. The third-order valence-corrected chi connectivity index (χ3v) is 6.54. The van der Waals surface area contributed by atoms with Gasteiger partial charge in [0.25, 0.3) is 5.91 Å². The predicted molar refractivity (Wildman–Crippen MR) is 106 cm³/mol. The van der Waals surface area contributed by atoms with E-state index in [-0.39, 0.29) is 18.2 Å². The Kier molecular flexibility index (Phi) is 4.69. The quantitative estimate of drug-likeness (QED) is 0.771. The lowest BCUT2D eigenvalue weighted by atomic mass is 9.89. The van der Waals surface area contributed by atoms with Crippen molar-refractivity contribution >= 4 is 11.9 Å². The predicted octanol–water partition coefficient (Wildman–Crippen LogP) is 3.38. The molecule has 158 valence electrons. The van der Waals surface area contributed by atoms with Crippen molar-refractivity contribution in [3.05, 3.63) is 53.4 Å². The number of ether oxygens (including phenoxy) is 1. The van der Waals surface area contributed by atoms with E-state index in [4.69, 9.17) is 4.74 Å². The van der Waals surface area contributed by atoms with Gasteiger partial charge in [0.15, 0.2) is 5.60 Å². The number of halogens is 2. The summed E-state index contributed by atoms with van der Waals surface area (Å²) in [6, 6.07) is 3.13. The molecule has 1 aromatic heterocycles. The normalized spacial score (nSPS) is 25.2. The van der Waals surface area contributed by atoms with Crippen molar-refractivity contribution in [2.45, 2.75) is 56.9 Å². The number of hydrogen-bond donors (Lipinski definition) is 0. The largest absolute Gasteiger partial charge is 0.342 e. The third kappa shape index (κ3) is 3.14. The number of anilines is 1. The summed E-state index contributed by atoms with van der Waals surface area (Å²) in [5, 5.41) is 0. The lowest BCUT2D eigenvalue weighted by Gasteiger charge is -2.37. The summed E-state index contributed by atoms with van der Waals surface area (Å²) in [7, 11) is 0. The maximum Gasteiger partial charge on any atom is 0.257 e. The van der Waals surface area contributed by atoms with Gasteiger partial charge in [0.2, 0.25) is 5.95 Å². The van der Waals surface area contributed by atoms with E-state index in [0.717, 1.165) is 18.1 Å². The number of carbonyl (C=O) groups excluding carboxylic acids is 1. The van der Waals surface area contributed by atoms with E-state index in [0.29, 0.717) is 50.3 Å². The Bertz CT molecular complexity index is 940. The molecule has 3 aliphatic rings. The van der Waals surface area contributed by atoms with Gasteiger partial charge in [-0.2, -0.15) is 0 Å². The maximum absolute atomic E-state index is 13.7. The van der Waals surface area contributed by atoms with E-state index < -0.39 is 17.2 Å². The van der Waals surface area contributed by atoms with Crippen LogP contribution in [0.4, 0.5) is 14.7 Å². The molecule has 8 heteroatoms. The summed E-state index contributed by atoms with van der Waals surface area (Å²) < 4.78 is 33.7. The molecule has 2 atom stereocenters. The first-order valence-corrected chi connectivity index (χ1v) is 10.5. The molecule has 5 rings (SSSR count). The average molecular weight is 414 g/mol. The van der Waals surface area contributed by atoms with Gasteiger partial charge >= 0.3 is 0 Å². The molecule has 2 aromatic rings. The van der Waals surface area contributed by atoms with Crippen LogP contribution in [-0.4, -0.2) is 45.7 Å². The van der Waals surface area contributed by atoms with Crippen LogP contribution in [0.15, 0.2) is 30.6 Å². The molecular formula is C22H24F2N4O2. The number of benzene rings is 1. The topological polar surface area (TPSA) is 58.6 Å². The zero-order chi connectivity index (χ0) is 20.9. The van der Waals surface area contributed by atoms with Crippen molar-refractivity contribution in [1.29, 1.82) is 0 Å². The minimum Gasteiger partial charge on any atom is -0.342 e. The van der Waals surface area contributed by atoms with E-state index in [1.54, 1.807) is 4.90 Å². The zero-order valence-electron chi connectivity index (χ0n) is 16.9. The number of rotatable bonds is 3. The van der Waals surface area contributed by atoms with Gasteiger partial charge in [-0.3, -0.25) is 4.79 Å². The summed E-state index contributed by atoms with van der Waals surface area (Å²) in [6.45, 7) is 3.30. The zero-order valence-corrected chi connectivity index (χ0v) is 16.9. The third-order valence-electron chi connectivity index (χ3n) is 6.54. The Labute approximate surface area is 173 Å². The fraction of sp³-hybridized carbons (Fsp3) is 0.500. The Morgan fingerprint density at radius 3 is 2.40 bits per heavy atom. The van der Waals surface area contributed by atoms with Crippen molar-refractivity contribution in [2.75, 3.05) is 18.0 Å². The Hall–Kier alpha value is -2.61. The highest BCUT2D eigenvalue weighted by molar-refractivity contribution is 5.88. The van der Waals surface area contributed by atoms with Crippen molar-refractivity contribution in [1.82, 2.24) is 14.9 Å². The standard InChI is InChI=1S/C22H24F2N4O2/c1-2-14-12-25-21(26-13-14)27-7-5-22(6-8-27)20(29)28-18(3-4-19(28)30-22)15-9-16(23)11-17(24)10-15/h9-13,18-19H,2-8H2,1H3. The van der Waals surface area contributed by atoms with Crippen LogP contribution in [0.5, 0.6) is 0 Å². The monoisotopic (exact) mass is 414 g/mol. The smallest absolute Gasteiger partial charge is 0.257 e. The van der Waals surface area contributed by atoms with Gasteiger partial charge < -0.3 is 14.5 Å². The number of piperidine rings is 1. The first-order valence-electron chi connectivity index (χ1n) is 10.5. The molecular weight excluding hydrogens is 390 g/mol. The number of aryl methyl sites for hydroxylation is 1. The fourth-order valence-corrected chi connectivity index (χ4v) is 4.90. The van der Waals surface area contributed by atoms with Crippen molar-refractivity contribution in [2.24, 2.45) is 0 Å². The number of amides is 1. The van der Waals surface area contributed by atoms with Crippen molar-refractivity contribution < 1.29 is 18.3 Å². The van der Waals surface area contributed by atoms with Crippen molar-refractivity contribution in [3.8, 4) is 0 Å². The molecule has 3 saturated heterocycles. The summed E-state index contributed by atoms with van der Waals surface area (Å²) >= 11 is 0. The summed E-state index contributed by atoms with van der Waals surface area (Å²) in [5.41, 5.74) is 0.711. The van der Waals surface area contributed by atoms with Crippen LogP contribution >= 0.6 is 0 Å². The van der Waals surface area contributed by atoms with E-state index in [2.05, 4.69) is 21.8 Å². The summed E-state index contributed by atoms with van der Waals surface area (Å²) in [5.74, 6) is -0.654. The number of carbonyl (C=O) groups is 1. The molecule has 1 amide bonds. The molecule has 30 heavy (non-hydrogen) atoms. The maximum atomic E-state index is 13.7. The number of fused-ring (bicyclic) bond motifs is 1. The van der Waals surface area contributed by atoms with Gasteiger partial charge in [0, 0.05) is 44.4 Å². The number of hydrogen-bond acceptors (Lipinski definition) is 5. The second-order valence-corrected chi connectivity index (χ2v) is 8.31. The highest BCUT2D eigenvalue weighted by atomic mass is 19.1.